The molecule has 1 aliphatic rings. The van der Waals surface area contributed by atoms with Crippen molar-refractivity contribution in [1.29, 1.82) is 0 Å². The lowest BCUT2D eigenvalue weighted by Gasteiger charge is -2.20. The van der Waals surface area contributed by atoms with Crippen molar-refractivity contribution >= 4 is 25.5 Å². The first kappa shape index (κ1) is 50.4. The predicted octanol–water partition coefficient (Wildman–Crippen LogP) is 8.42. The van der Waals surface area contributed by atoms with E-state index in [0.29, 0.717) is 25.7 Å². The molecule has 0 aromatic rings. The fraction of sp³-hybridized carbons (Fsp3) is 0.878. The summed E-state index contributed by atoms with van der Waals surface area (Å²) in [4.78, 5) is 47.5. The highest BCUT2D eigenvalue weighted by atomic mass is 31.2. The van der Waals surface area contributed by atoms with E-state index >= 15 is 0 Å². The molecule has 12 nitrogen and oxygen atoms in total. The van der Waals surface area contributed by atoms with E-state index in [9.17, 15) is 34.1 Å². The Hall–Kier alpha value is -1.66. The van der Waals surface area contributed by atoms with Crippen molar-refractivity contribution in [2.45, 2.75) is 193 Å². The average molecular weight is 790 g/mol. The van der Waals surface area contributed by atoms with E-state index < -0.39 is 44.7 Å². The first-order valence-corrected chi connectivity index (χ1v) is 22.8. The minimum Gasteiger partial charge on any atom is -0.462 e. The number of phosphoric acid groups is 1. The predicted molar refractivity (Wildman–Crippen MR) is 212 cm³/mol. The number of ether oxygens (including phenoxy) is 2. The van der Waals surface area contributed by atoms with E-state index in [2.05, 4.69) is 13.8 Å². The summed E-state index contributed by atoms with van der Waals surface area (Å²) in [6.07, 6.45) is 24.3. The second-order valence-electron chi connectivity index (χ2n) is 15.0. The maximum atomic E-state index is 12.6. The summed E-state index contributed by atoms with van der Waals surface area (Å²) in [6, 6.07) is 0. The van der Waals surface area contributed by atoms with Crippen molar-refractivity contribution < 1.29 is 52.6 Å². The molecule has 0 amide bonds. The molecule has 0 saturated heterocycles. The van der Waals surface area contributed by atoms with Crippen LogP contribution in [-0.2, 0) is 37.5 Å². The molecule has 5 N–H and O–H groups in total. The molecule has 0 radical (unpaired) electrons. The molecular formula is C41H76NO11P. The lowest BCUT2D eigenvalue weighted by atomic mass is 9.88. The highest BCUT2D eigenvalue weighted by molar-refractivity contribution is 7.47. The lowest BCUT2D eigenvalue weighted by Crippen LogP contribution is -2.29. The largest absolute Gasteiger partial charge is 0.472 e. The molecule has 0 aromatic carbocycles. The van der Waals surface area contributed by atoms with Crippen LogP contribution in [-0.4, -0.2) is 77.5 Å². The number of phosphoric ester groups is 1. The maximum Gasteiger partial charge on any atom is 0.472 e. The van der Waals surface area contributed by atoms with E-state index in [1.165, 1.54) is 57.8 Å². The summed E-state index contributed by atoms with van der Waals surface area (Å²) >= 11 is 0. The Labute approximate surface area is 326 Å². The Morgan fingerprint density at radius 3 is 1.93 bits per heavy atom. The SMILES string of the molecule is CCCCCCCCCCCCCCCC(=O)O[C@H](COC(=O)CCCCCC[C@H]1[C@@H](O)CC(=O)[C@@H]1/C=C/[C@@H](O)CCCCC)COP(=O)(O)OCCN. The number of aliphatic hydroxyl groups is 2. The molecule has 0 heterocycles. The van der Waals surface area contributed by atoms with Crippen LogP contribution in [0.25, 0.3) is 0 Å². The monoisotopic (exact) mass is 790 g/mol. The van der Waals surface area contributed by atoms with Crippen LogP contribution < -0.4 is 5.73 Å². The molecule has 316 valence electrons. The number of carbonyl (C=O) groups is 3. The van der Waals surface area contributed by atoms with E-state index in [0.717, 1.165) is 57.8 Å². The molecule has 1 fully saturated rings. The van der Waals surface area contributed by atoms with E-state index in [4.69, 9.17) is 24.3 Å². The molecule has 1 saturated carbocycles. The molecule has 13 heteroatoms. The van der Waals surface area contributed by atoms with E-state index in [-0.39, 0.29) is 56.6 Å². The number of unbranched alkanes of at least 4 members (excludes halogenated alkanes) is 17. The van der Waals surface area contributed by atoms with Gasteiger partial charge in [-0.05, 0) is 31.6 Å². The fourth-order valence-corrected chi connectivity index (χ4v) is 7.60. The first-order valence-electron chi connectivity index (χ1n) is 21.3. The van der Waals surface area contributed by atoms with Gasteiger partial charge in [0.05, 0.1) is 25.4 Å². The van der Waals surface area contributed by atoms with Gasteiger partial charge in [0.15, 0.2) is 6.10 Å². The molecule has 0 aliphatic heterocycles. The van der Waals surface area contributed by atoms with Gasteiger partial charge in [0.2, 0.25) is 0 Å². The molecule has 0 aromatic heterocycles. The van der Waals surface area contributed by atoms with Crippen LogP contribution in [0.1, 0.15) is 174 Å². The zero-order chi connectivity index (χ0) is 39.9. The summed E-state index contributed by atoms with van der Waals surface area (Å²) in [5.41, 5.74) is 5.34. The zero-order valence-corrected chi connectivity index (χ0v) is 34.6. The topological polar surface area (TPSA) is 192 Å². The Morgan fingerprint density at radius 2 is 1.33 bits per heavy atom. The Kier molecular flexibility index (Phi) is 30.2. The minimum atomic E-state index is -4.43. The highest BCUT2D eigenvalue weighted by Gasteiger charge is 2.39. The third-order valence-corrected chi connectivity index (χ3v) is 11.0. The summed E-state index contributed by atoms with van der Waals surface area (Å²) in [7, 11) is -4.43. The van der Waals surface area contributed by atoms with Crippen molar-refractivity contribution in [1.82, 2.24) is 0 Å². The van der Waals surface area contributed by atoms with Crippen LogP contribution in [0.4, 0.5) is 0 Å². The van der Waals surface area contributed by atoms with Crippen molar-refractivity contribution in [3.63, 3.8) is 0 Å². The van der Waals surface area contributed by atoms with Gasteiger partial charge in [-0.15, -0.1) is 0 Å². The molecule has 1 rings (SSSR count). The number of nitrogens with two attached hydrogens (primary N) is 1. The third kappa shape index (κ3) is 26.2. The van der Waals surface area contributed by atoms with Crippen LogP contribution in [0.15, 0.2) is 12.2 Å². The van der Waals surface area contributed by atoms with E-state index in [1.54, 1.807) is 12.2 Å². The number of Topliss-reactive ketones (excluding diaryl/α,β-unsaturated/α-hetero) is 1. The number of hydrogen-bond acceptors (Lipinski definition) is 11. The van der Waals surface area contributed by atoms with Gasteiger partial charge in [-0.3, -0.25) is 23.4 Å². The standard InChI is InChI=1S/C41H76NO11P/c1-3-5-7-8-9-10-11-12-13-14-15-16-22-26-41(47)53-35(33-52-54(48,49)51-30-29-42)32-50-40(46)25-21-18-17-20-24-36-37(39(45)31-38(36)44)28-27-34(43)23-19-6-4-2/h27-28,34-38,43-44H,3-26,29-33,42H2,1-2H3,(H,48,49)/b28-27+/t34-,35+,36+,37+,38-/m0/s1. The van der Waals surface area contributed by atoms with Crippen LogP contribution in [0.5, 0.6) is 0 Å². The van der Waals surface area contributed by atoms with Crippen molar-refractivity contribution in [3.8, 4) is 0 Å². The smallest absolute Gasteiger partial charge is 0.462 e. The van der Waals surface area contributed by atoms with Gasteiger partial charge in [0.1, 0.15) is 12.4 Å². The van der Waals surface area contributed by atoms with Crippen LogP contribution in [0, 0.1) is 11.8 Å². The molecular weight excluding hydrogens is 713 g/mol. The summed E-state index contributed by atoms with van der Waals surface area (Å²) in [5, 5.41) is 20.7. The number of esters is 2. The summed E-state index contributed by atoms with van der Waals surface area (Å²) in [5.74, 6) is -1.54. The maximum absolute atomic E-state index is 12.6. The fourth-order valence-electron chi connectivity index (χ4n) is 6.83. The van der Waals surface area contributed by atoms with Gasteiger partial charge in [0, 0.05) is 31.7 Å². The van der Waals surface area contributed by atoms with Gasteiger partial charge >= 0.3 is 19.8 Å². The second-order valence-corrected chi connectivity index (χ2v) is 16.5. The van der Waals surface area contributed by atoms with Crippen molar-refractivity contribution in [2.75, 3.05) is 26.4 Å². The van der Waals surface area contributed by atoms with Gasteiger partial charge in [-0.25, -0.2) is 4.57 Å². The minimum absolute atomic E-state index is 0.00566. The summed E-state index contributed by atoms with van der Waals surface area (Å²) in [6.45, 7) is 3.36. The van der Waals surface area contributed by atoms with Gasteiger partial charge < -0.3 is 30.3 Å². The number of carbonyl (C=O) groups excluding carboxylic acids is 3. The number of ketones is 1. The number of hydrogen-bond donors (Lipinski definition) is 4. The molecule has 0 bridgehead atoms. The highest BCUT2D eigenvalue weighted by Crippen LogP contribution is 2.43. The Bertz CT molecular complexity index is 1060. The number of rotatable bonds is 36. The first-order chi connectivity index (χ1) is 26.0. The van der Waals surface area contributed by atoms with Crippen molar-refractivity contribution in [2.24, 2.45) is 17.6 Å². The average Bonchev–Trinajstić information content (AvgIpc) is 3.41. The number of aliphatic hydroxyl groups excluding tert-OH is 2. The van der Waals surface area contributed by atoms with Gasteiger partial charge in [-0.1, -0.05) is 142 Å². The quantitative estimate of drug-likeness (QED) is 0.0205. The third-order valence-electron chi connectivity index (χ3n) is 10.1. The molecule has 6 atom stereocenters. The summed E-state index contributed by atoms with van der Waals surface area (Å²) < 4.78 is 32.7. The lowest BCUT2D eigenvalue weighted by molar-refractivity contribution is -0.161. The molecule has 54 heavy (non-hydrogen) atoms. The van der Waals surface area contributed by atoms with E-state index in [1.807, 2.05) is 0 Å². The Balaban J connectivity index is 2.38. The van der Waals surface area contributed by atoms with Crippen LogP contribution in [0.3, 0.4) is 0 Å². The molecule has 1 aliphatic carbocycles. The Morgan fingerprint density at radius 1 is 0.796 bits per heavy atom. The number of allylic oxidation sites excluding steroid dienone is 1. The van der Waals surface area contributed by atoms with Crippen LogP contribution >= 0.6 is 7.82 Å². The second kappa shape index (κ2) is 32.4. The molecule has 1 unspecified atom stereocenters. The zero-order valence-electron chi connectivity index (χ0n) is 33.7. The van der Waals surface area contributed by atoms with Gasteiger partial charge in [-0.2, -0.15) is 0 Å². The van der Waals surface area contributed by atoms with Crippen molar-refractivity contribution in [3.05, 3.63) is 12.2 Å². The van der Waals surface area contributed by atoms with Gasteiger partial charge in [0.25, 0.3) is 0 Å². The normalized spacial score (nSPS) is 19.6. The molecule has 0 spiro atoms. The van der Waals surface area contributed by atoms with Crippen LogP contribution in [0.2, 0.25) is 0 Å².